The van der Waals surface area contributed by atoms with Crippen LogP contribution in [0.2, 0.25) is 0 Å². The van der Waals surface area contributed by atoms with Crippen LogP contribution in [0.5, 0.6) is 0 Å². The molecule has 0 unspecified atom stereocenters. The Labute approximate surface area is 72.7 Å². The number of pyridine rings is 1. The van der Waals surface area contributed by atoms with Crippen LogP contribution >= 0.6 is 0 Å². The van der Waals surface area contributed by atoms with Gasteiger partial charge in [-0.25, -0.2) is 4.57 Å². The van der Waals surface area contributed by atoms with E-state index in [4.69, 9.17) is 0 Å². The van der Waals surface area contributed by atoms with Gasteiger partial charge in [-0.05, 0) is 25.0 Å². The van der Waals surface area contributed by atoms with Crippen LogP contribution in [0.4, 0.5) is 0 Å². The molecule has 1 heterocycles. The Morgan fingerprint density at radius 2 is 2.25 bits per heavy atom. The molecule has 0 aromatic carbocycles. The van der Waals surface area contributed by atoms with Crippen molar-refractivity contribution in [3.63, 3.8) is 0 Å². The molecule has 0 bridgehead atoms. The molecule has 1 nitrogen and oxygen atoms in total. The van der Waals surface area contributed by atoms with Gasteiger partial charge >= 0.3 is 0 Å². The quantitative estimate of drug-likeness (QED) is 0.479. The SMILES string of the molecule is CC1=c2c[n+](C)ccc2=CCC1. The molecule has 12 heavy (non-hydrogen) atoms. The molecule has 0 aliphatic heterocycles. The molecule has 1 heteroatoms. The van der Waals surface area contributed by atoms with Crippen molar-refractivity contribution in [2.24, 2.45) is 7.05 Å². The average molecular weight is 160 g/mol. The first-order valence-electron chi connectivity index (χ1n) is 4.42. The second-order valence-electron chi connectivity index (χ2n) is 3.50. The van der Waals surface area contributed by atoms with Gasteiger partial charge in [0.2, 0.25) is 0 Å². The van der Waals surface area contributed by atoms with Crippen molar-refractivity contribution in [2.45, 2.75) is 19.8 Å². The monoisotopic (exact) mass is 160 g/mol. The van der Waals surface area contributed by atoms with Gasteiger partial charge in [0.25, 0.3) is 0 Å². The van der Waals surface area contributed by atoms with E-state index in [1.165, 1.54) is 28.9 Å². The highest BCUT2D eigenvalue weighted by molar-refractivity contribution is 5.47. The van der Waals surface area contributed by atoms with E-state index in [1.807, 2.05) is 0 Å². The fraction of sp³-hybridized carbons (Fsp3) is 0.364. The number of hydrogen-bond donors (Lipinski definition) is 0. The van der Waals surface area contributed by atoms with E-state index in [2.05, 4.69) is 43.1 Å². The molecule has 0 spiro atoms. The maximum Gasteiger partial charge on any atom is 0.176 e. The van der Waals surface area contributed by atoms with E-state index >= 15 is 0 Å². The third-order valence-corrected chi connectivity index (χ3v) is 2.48. The summed E-state index contributed by atoms with van der Waals surface area (Å²) in [5.74, 6) is 0. The first kappa shape index (κ1) is 7.53. The molecule has 0 fully saturated rings. The van der Waals surface area contributed by atoms with Gasteiger partial charge in [0.15, 0.2) is 12.4 Å². The minimum Gasteiger partial charge on any atom is -0.207 e. The summed E-state index contributed by atoms with van der Waals surface area (Å²) in [6.07, 6.45) is 9.06. The molecular formula is C11H14N+. The van der Waals surface area contributed by atoms with Crippen LogP contribution in [0.25, 0.3) is 11.6 Å². The van der Waals surface area contributed by atoms with Crippen LogP contribution in [0, 0.1) is 0 Å². The van der Waals surface area contributed by atoms with Gasteiger partial charge in [0.05, 0.1) is 0 Å². The lowest BCUT2D eigenvalue weighted by molar-refractivity contribution is -0.672. The number of fused-ring (bicyclic) bond motifs is 1. The first-order valence-corrected chi connectivity index (χ1v) is 4.42. The summed E-state index contributed by atoms with van der Waals surface area (Å²) < 4.78 is 2.11. The molecule has 0 N–H and O–H groups in total. The van der Waals surface area contributed by atoms with Crippen molar-refractivity contribution >= 4 is 11.6 Å². The van der Waals surface area contributed by atoms with Crippen molar-refractivity contribution in [1.29, 1.82) is 0 Å². The van der Waals surface area contributed by atoms with Crippen molar-refractivity contribution < 1.29 is 4.57 Å². The van der Waals surface area contributed by atoms with Gasteiger partial charge < -0.3 is 0 Å². The maximum atomic E-state index is 2.32. The third-order valence-electron chi connectivity index (χ3n) is 2.48. The van der Waals surface area contributed by atoms with Crippen LogP contribution in [-0.4, -0.2) is 0 Å². The maximum absolute atomic E-state index is 2.32. The van der Waals surface area contributed by atoms with Crippen LogP contribution in [0.15, 0.2) is 18.5 Å². The number of hydrogen-bond acceptors (Lipinski definition) is 0. The molecule has 1 aliphatic carbocycles. The Hall–Kier alpha value is -1.11. The molecule has 1 aromatic rings. The molecule has 0 saturated heterocycles. The number of nitrogens with zero attached hydrogens (tertiary/aromatic N) is 1. The zero-order chi connectivity index (χ0) is 8.55. The van der Waals surface area contributed by atoms with Crippen LogP contribution in [0.3, 0.4) is 0 Å². The molecular weight excluding hydrogens is 146 g/mol. The summed E-state index contributed by atoms with van der Waals surface area (Å²) >= 11 is 0. The lowest BCUT2D eigenvalue weighted by Gasteiger charge is -2.03. The molecule has 0 saturated carbocycles. The van der Waals surface area contributed by atoms with Crippen LogP contribution in [-0.2, 0) is 7.05 Å². The van der Waals surface area contributed by atoms with E-state index in [-0.39, 0.29) is 0 Å². The summed E-state index contributed by atoms with van der Waals surface area (Å²) in [6, 6.07) is 2.19. The zero-order valence-electron chi connectivity index (χ0n) is 7.67. The Kier molecular flexibility index (Phi) is 1.72. The predicted octanol–water partition coefficient (Wildman–Crippen LogP) is 0.256. The summed E-state index contributed by atoms with van der Waals surface area (Å²) in [5.41, 5.74) is 1.52. The summed E-state index contributed by atoms with van der Waals surface area (Å²) in [7, 11) is 2.07. The minimum atomic E-state index is 1.20. The first-order chi connectivity index (χ1) is 5.77. The lowest BCUT2D eigenvalue weighted by Crippen LogP contribution is -2.40. The van der Waals surface area contributed by atoms with E-state index in [0.29, 0.717) is 0 Å². The van der Waals surface area contributed by atoms with E-state index in [0.717, 1.165) is 0 Å². The van der Waals surface area contributed by atoms with Crippen molar-refractivity contribution in [3.05, 3.63) is 28.9 Å². The van der Waals surface area contributed by atoms with Crippen molar-refractivity contribution in [3.8, 4) is 0 Å². The second kappa shape index (κ2) is 2.74. The molecule has 0 radical (unpaired) electrons. The van der Waals surface area contributed by atoms with Gasteiger partial charge in [0, 0.05) is 11.3 Å². The highest BCUT2D eigenvalue weighted by Crippen LogP contribution is 2.04. The predicted molar refractivity (Wildman–Crippen MR) is 49.6 cm³/mol. The Morgan fingerprint density at radius 3 is 3.08 bits per heavy atom. The summed E-state index contributed by atoms with van der Waals surface area (Å²) in [6.45, 7) is 2.23. The number of aromatic nitrogens is 1. The lowest BCUT2D eigenvalue weighted by atomic mass is 10.0. The number of aryl methyl sites for hydroxylation is 1. The highest BCUT2D eigenvalue weighted by Gasteiger charge is 2.02. The molecule has 1 aromatic heterocycles. The summed E-state index contributed by atoms with van der Waals surface area (Å²) in [5, 5.41) is 2.82. The molecule has 0 atom stereocenters. The van der Waals surface area contributed by atoms with Gasteiger partial charge in [-0.15, -0.1) is 0 Å². The molecule has 62 valence electrons. The smallest absolute Gasteiger partial charge is 0.176 e. The van der Waals surface area contributed by atoms with E-state index in [9.17, 15) is 0 Å². The second-order valence-corrected chi connectivity index (χ2v) is 3.50. The third kappa shape index (κ3) is 1.15. The van der Waals surface area contributed by atoms with Gasteiger partial charge in [-0.1, -0.05) is 11.6 Å². The zero-order valence-corrected chi connectivity index (χ0v) is 7.67. The van der Waals surface area contributed by atoms with Gasteiger partial charge in [0.1, 0.15) is 7.05 Å². The van der Waals surface area contributed by atoms with Gasteiger partial charge in [-0.2, -0.15) is 0 Å². The van der Waals surface area contributed by atoms with E-state index < -0.39 is 0 Å². The number of rotatable bonds is 0. The van der Waals surface area contributed by atoms with E-state index in [1.54, 1.807) is 0 Å². The average Bonchev–Trinajstić information content (AvgIpc) is 2.07. The fourth-order valence-corrected chi connectivity index (χ4v) is 1.72. The topological polar surface area (TPSA) is 3.88 Å². The standard InChI is InChI=1S/C11H14N/c1-9-4-3-5-10-6-7-12(2)8-11(9)10/h5-8H,3-4H2,1-2H3/q+1. The fourth-order valence-electron chi connectivity index (χ4n) is 1.72. The Morgan fingerprint density at radius 1 is 1.42 bits per heavy atom. The molecule has 2 rings (SSSR count). The minimum absolute atomic E-state index is 1.20. The highest BCUT2D eigenvalue weighted by atomic mass is 14.9. The normalized spacial score (nSPS) is 15.3. The van der Waals surface area contributed by atoms with Crippen LogP contribution < -0.4 is 15.0 Å². The van der Waals surface area contributed by atoms with Crippen molar-refractivity contribution in [2.75, 3.05) is 0 Å². The van der Waals surface area contributed by atoms with Crippen molar-refractivity contribution in [1.82, 2.24) is 0 Å². The molecule has 0 amide bonds. The van der Waals surface area contributed by atoms with Crippen LogP contribution in [0.1, 0.15) is 19.8 Å². The Bertz CT molecular complexity index is 415. The molecule has 1 aliphatic rings. The van der Waals surface area contributed by atoms with Gasteiger partial charge in [-0.3, -0.25) is 0 Å². The summed E-state index contributed by atoms with van der Waals surface area (Å²) in [4.78, 5) is 0. The largest absolute Gasteiger partial charge is 0.207 e. The Balaban J connectivity index is 2.87.